The highest BCUT2D eigenvalue weighted by Crippen LogP contribution is 2.25. The molecule has 0 radical (unpaired) electrons. The summed E-state index contributed by atoms with van der Waals surface area (Å²) in [5.41, 5.74) is 5.80. The number of halogens is 2. The van der Waals surface area contributed by atoms with E-state index in [0.717, 1.165) is 11.3 Å². The molecule has 0 spiro atoms. The molecule has 0 unspecified atom stereocenters. The van der Waals surface area contributed by atoms with Crippen molar-refractivity contribution in [3.8, 4) is 0 Å². The Morgan fingerprint density at radius 1 is 1.77 bits per heavy atom. The van der Waals surface area contributed by atoms with Gasteiger partial charge in [0.15, 0.2) is 0 Å². The zero-order valence-electron chi connectivity index (χ0n) is 6.47. The number of nitrogens with zero attached hydrogens (tertiary/aromatic N) is 1. The van der Waals surface area contributed by atoms with Gasteiger partial charge in [0.1, 0.15) is 6.67 Å². The molecule has 0 saturated heterocycles. The molecule has 1 heterocycles. The van der Waals surface area contributed by atoms with Crippen LogP contribution in [0.15, 0.2) is 11.4 Å². The minimum atomic E-state index is -0.741. The molecule has 0 saturated carbocycles. The first-order chi connectivity index (χ1) is 5.65. The van der Waals surface area contributed by atoms with Gasteiger partial charge in [-0.15, -0.1) is 12.4 Å². The molecule has 0 aliphatic rings. The predicted octanol–water partition coefficient (Wildman–Crippen LogP) is 2.05. The van der Waals surface area contributed by atoms with Crippen molar-refractivity contribution in [2.45, 2.75) is 6.04 Å². The predicted molar refractivity (Wildman–Crippen MR) is 51.1 cm³/mol. The second-order valence-electron chi connectivity index (χ2n) is 2.24. The summed E-state index contributed by atoms with van der Waals surface area (Å²) in [6.07, 6.45) is 0. The van der Waals surface area contributed by atoms with Crippen LogP contribution in [0.5, 0.6) is 0 Å². The molecular weight excluding hydrogens is 219 g/mol. The first kappa shape index (κ1) is 12.3. The summed E-state index contributed by atoms with van der Waals surface area (Å²) < 4.78 is 12.0. The average Bonchev–Trinajstić information content (AvgIpc) is 2.51. The number of rotatable bonds is 3. The van der Waals surface area contributed by atoms with Crippen molar-refractivity contribution in [2.75, 3.05) is 6.67 Å². The van der Waals surface area contributed by atoms with Crippen LogP contribution in [0.3, 0.4) is 0 Å². The molecule has 0 aliphatic carbocycles. The Morgan fingerprint density at radius 2 is 2.38 bits per heavy atom. The van der Waals surface area contributed by atoms with Crippen LogP contribution in [0.1, 0.15) is 11.6 Å². The lowest BCUT2D eigenvalue weighted by Gasteiger charge is -2.00. The first-order valence-electron chi connectivity index (χ1n) is 3.19. The van der Waals surface area contributed by atoms with Crippen LogP contribution in [0.2, 0.25) is 0 Å². The SMILES string of the molecule is Cl.N[C@@H](CF)c1csc([N+](=O)[O-])c1. The Hall–Kier alpha value is -0.720. The molecule has 1 atom stereocenters. The van der Waals surface area contributed by atoms with E-state index in [4.69, 9.17) is 5.73 Å². The van der Waals surface area contributed by atoms with Crippen molar-refractivity contribution in [2.24, 2.45) is 5.73 Å². The molecule has 0 aromatic carbocycles. The first-order valence-corrected chi connectivity index (χ1v) is 4.07. The number of alkyl halides is 1. The zero-order valence-corrected chi connectivity index (χ0v) is 8.11. The van der Waals surface area contributed by atoms with Crippen LogP contribution in [-0.4, -0.2) is 11.6 Å². The lowest BCUT2D eigenvalue weighted by Crippen LogP contribution is -2.10. The molecule has 1 aromatic rings. The topological polar surface area (TPSA) is 69.2 Å². The van der Waals surface area contributed by atoms with Crippen molar-refractivity contribution >= 4 is 28.7 Å². The number of hydrogen-bond acceptors (Lipinski definition) is 4. The normalized spacial score (nSPS) is 11.8. The third-order valence-electron chi connectivity index (χ3n) is 1.38. The highest BCUT2D eigenvalue weighted by Gasteiger charge is 2.13. The third-order valence-corrected chi connectivity index (χ3v) is 2.28. The maximum atomic E-state index is 12.0. The average molecular weight is 227 g/mol. The van der Waals surface area contributed by atoms with Gasteiger partial charge in [-0.3, -0.25) is 10.1 Å². The fourth-order valence-corrected chi connectivity index (χ4v) is 1.51. The molecule has 0 fully saturated rings. The Labute approximate surface area is 84.1 Å². The molecule has 0 aliphatic heterocycles. The summed E-state index contributed by atoms with van der Waals surface area (Å²) in [4.78, 5) is 9.69. The van der Waals surface area contributed by atoms with Crippen LogP contribution in [0, 0.1) is 10.1 Å². The van der Waals surface area contributed by atoms with Gasteiger partial charge in [-0.1, -0.05) is 11.3 Å². The van der Waals surface area contributed by atoms with Gasteiger partial charge in [0.25, 0.3) is 0 Å². The second-order valence-corrected chi connectivity index (χ2v) is 3.13. The number of nitro groups is 1. The maximum absolute atomic E-state index is 12.0. The van der Waals surface area contributed by atoms with Gasteiger partial charge in [0, 0.05) is 11.4 Å². The molecule has 7 heteroatoms. The van der Waals surface area contributed by atoms with Crippen LogP contribution < -0.4 is 5.73 Å². The largest absolute Gasteiger partial charge is 0.324 e. The van der Waals surface area contributed by atoms with Gasteiger partial charge in [-0.05, 0) is 5.56 Å². The fraction of sp³-hybridized carbons (Fsp3) is 0.333. The van der Waals surface area contributed by atoms with Gasteiger partial charge < -0.3 is 5.73 Å². The van der Waals surface area contributed by atoms with Crippen molar-refractivity contribution in [3.05, 3.63) is 27.1 Å². The number of hydrogen-bond donors (Lipinski definition) is 1. The van der Waals surface area contributed by atoms with E-state index in [9.17, 15) is 14.5 Å². The lowest BCUT2D eigenvalue weighted by molar-refractivity contribution is -0.380. The minimum Gasteiger partial charge on any atom is -0.322 e. The highest BCUT2D eigenvalue weighted by molar-refractivity contribution is 7.13. The standard InChI is InChI=1S/C6H7FN2O2S.ClH/c7-2-5(8)4-1-6(9(10)11)12-3-4;/h1,3,5H,2,8H2;1H/t5-;/m0./s1. The van der Waals surface area contributed by atoms with E-state index < -0.39 is 17.6 Å². The Balaban J connectivity index is 0.00000144. The van der Waals surface area contributed by atoms with Crippen LogP contribution in [0.4, 0.5) is 9.39 Å². The minimum absolute atomic E-state index is 0. The van der Waals surface area contributed by atoms with Gasteiger partial charge in [0.05, 0.1) is 11.0 Å². The Morgan fingerprint density at radius 3 is 2.77 bits per heavy atom. The summed E-state index contributed by atoms with van der Waals surface area (Å²) in [5.74, 6) is 0. The molecular formula is C6H8ClFN2O2S. The maximum Gasteiger partial charge on any atom is 0.324 e. The van der Waals surface area contributed by atoms with E-state index in [1.807, 2.05) is 0 Å². The molecule has 2 N–H and O–H groups in total. The van der Waals surface area contributed by atoms with Crippen LogP contribution in [-0.2, 0) is 0 Å². The molecule has 1 aromatic heterocycles. The molecule has 0 bridgehead atoms. The van der Waals surface area contributed by atoms with Crippen molar-refractivity contribution in [3.63, 3.8) is 0 Å². The monoisotopic (exact) mass is 226 g/mol. The summed E-state index contributed by atoms with van der Waals surface area (Å²) in [6, 6.07) is 0.560. The molecule has 13 heavy (non-hydrogen) atoms. The van der Waals surface area contributed by atoms with Crippen LogP contribution in [0.25, 0.3) is 0 Å². The zero-order chi connectivity index (χ0) is 9.14. The third kappa shape index (κ3) is 2.91. The van der Waals surface area contributed by atoms with E-state index in [1.54, 1.807) is 0 Å². The van der Waals surface area contributed by atoms with E-state index in [-0.39, 0.29) is 17.4 Å². The van der Waals surface area contributed by atoms with Gasteiger partial charge in [-0.2, -0.15) is 0 Å². The second kappa shape index (κ2) is 5.11. The van der Waals surface area contributed by atoms with Crippen molar-refractivity contribution < 1.29 is 9.31 Å². The molecule has 74 valence electrons. The van der Waals surface area contributed by atoms with Crippen LogP contribution >= 0.6 is 23.7 Å². The van der Waals surface area contributed by atoms with E-state index in [1.165, 1.54) is 11.4 Å². The number of thiophene rings is 1. The number of nitrogens with two attached hydrogens (primary N) is 1. The lowest BCUT2D eigenvalue weighted by atomic mass is 10.2. The van der Waals surface area contributed by atoms with Gasteiger partial charge in [0.2, 0.25) is 0 Å². The van der Waals surface area contributed by atoms with E-state index >= 15 is 0 Å². The summed E-state index contributed by atoms with van der Waals surface area (Å²) in [6.45, 7) is -0.701. The molecule has 1 rings (SSSR count). The van der Waals surface area contributed by atoms with Crippen molar-refractivity contribution in [1.29, 1.82) is 0 Å². The quantitative estimate of drug-likeness (QED) is 0.634. The highest BCUT2D eigenvalue weighted by atomic mass is 35.5. The van der Waals surface area contributed by atoms with E-state index in [2.05, 4.69) is 0 Å². The van der Waals surface area contributed by atoms with Crippen molar-refractivity contribution in [1.82, 2.24) is 0 Å². The summed E-state index contributed by atoms with van der Waals surface area (Å²) >= 11 is 0.956. The van der Waals surface area contributed by atoms with Gasteiger partial charge >= 0.3 is 5.00 Å². The fourth-order valence-electron chi connectivity index (χ4n) is 0.718. The molecule has 4 nitrogen and oxygen atoms in total. The smallest absolute Gasteiger partial charge is 0.322 e. The summed E-state index contributed by atoms with van der Waals surface area (Å²) in [5, 5.41) is 11.7. The Kier molecular flexibility index (Phi) is 4.82. The Bertz CT molecular complexity index is 294. The van der Waals surface area contributed by atoms with E-state index in [0.29, 0.717) is 5.56 Å². The molecule has 0 amide bonds. The summed E-state index contributed by atoms with van der Waals surface area (Å²) in [7, 11) is 0. The van der Waals surface area contributed by atoms with Gasteiger partial charge in [-0.25, -0.2) is 4.39 Å².